The van der Waals surface area contributed by atoms with Gasteiger partial charge in [0.25, 0.3) is 0 Å². The summed E-state index contributed by atoms with van der Waals surface area (Å²) in [5, 5.41) is 0. The Kier molecular flexibility index (Phi) is 4.97. The van der Waals surface area contributed by atoms with Crippen LogP contribution in [0.4, 0.5) is 5.69 Å². The predicted molar refractivity (Wildman–Crippen MR) is 104 cm³/mol. The number of hydrogen-bond donors (Lipinski definition) is 0. The molecule has 6 nitrogen and oxygen atoms in total. The van der Waals surface area contributed by atoms with E-state index in [-0.39, 0.29) is 4.90 Å². The molecule has 0 spiro atoms. The van der Waals surface area contributed by atoms with Gasteiger partial charge >= 0.3 is 0 Å². The van der Waals surface area contributed by atoms with Crippen LogP contribution >= 0.6 is 0 Å². The van der Waals surface area contributed by atoms with Crippen molar-refractivity contribution >= 4 is 15.7 Å². The normalized spacial score (nSPS) is 16.7. The van der Waals surface area contributed by atoms with Gasteiger partial charge in [0.15, 0.2) is 11.5 Å². The van der Waals surface area contributed by atoms with E-state index >= 15 is 0 Å². The second-order valence-corrected chi connectivity index (χ2v) is 8.93. The van der Waals surface area contributed by atoms with Crippen LogP contribution < -0.4 is 14.4 Å². The van der Waals surface area contributed by atoms with Crippen LogP contribution in [0.15, 0.2) is 47.4 Å². The molecule has 0 amide bonds. The van der Waals surface area contributed by atoms with Gasteiger partial charge in [0.2, 0.25) is 10.0 Å². The van der Waals surface area contributed by atoms with Crippen molar-refractivity contribution in [1.29, 1.82) is 0 Å². The van der Waals surface area contributed by atoms with Crippen molar-refractivity contribution < 1.29 is 17.9 Å². The number of para-hydroxylation sites is 1. The third-order valence-corrected chi connectivity index (χ3v) is 6.85. The summed E-state index contributed by atoms with van der Waals surface area (Å²) in [5.41, 5.74) is 2.14. The molecule has 0 unspecified atom stereocenters. The average molecular weight is 388 g/mol. The first kappa shape index (κ1) is 18.1. The topological polar surface area (TPSA) is 59.1 Å². The maximum atomic E-state index is 13.1. The Morgan fingerprint density at radius 3 is 2.48 bits per heavy atom. The van der Waals surface area contributed by atoms with Crippen molar-refractivity contribution in [3.63, 3.8) is 0 Å². The molecule has 27 heavy (non-hydrogen) atoms. The van der Waals surface area contributed by atoms with Gasteiger partial charge in [-0.2, -0.15) is 4.31 Å². The van der Waals surface area contributed by atoms with Gasteiger partial charge in [-0.1, -0.05) is 18.2 Å². The lowest BCUT2D eigenvalue weighted by Gasteiger charge is -2.25. The lowest BCUT2D eigenvalue weighted by atomic mass is 10.1. The standard InChI is InChI=1S/C20H24N2O4S/c1-21(15-16-6-2-3-7-18(16)22-10-4-5-11-22)27(23,24)17-8-9-19-20(14-17)26-13-12-25-19/h2-3,6-9,14H,4-5,10-13,15H2,1H3. The number of hydrogen-bond acceptors (Lipinski definition) is 5. The quantitative estimate of drug-likeness (QED) is 0.788. The Balaban J connectivity index is 1.58. The molecule has 2 aliphatic heterocycles. The third kappa shape index (κ3) is 3.61. The fourth-order valence-corrected chi connectivity index (χ4v) is 4.76. The SMILES string of the molecule is CN(Cc1ccccc1N1CCCC1)S(=O)(=O)c1ccc2c(c1)OCCO2. The zero-order valence-corrected chi connectivity index (χ0v) is 16.2. The fraction of sp³-hybridized carbons (Fsp3) is 0.400. The summed E-state index contributed by atoms with van der Waals surface area (Å²) in [4.78, 5) is 2.55. The zero-order valence-electron chi connectivity index (χ0n) is 15.4. The number of nitrogens with zero attached hydrogens (tertiary/aromatic N) is 2. The number of anilines is 1. The lowest BCUT2D eigenvalue weighted by Crippen LogP contribution is -2.28. The Morgan fingerprint density at radius 1 is 1.00 bits per heavy atom. The molecular weight excluding hydrogens is 364 g/mol. The molecule has 0 aromatic heterocycles. The van der Waals surface area contributed by atoms with Crippen molar-refractivity contribution in [3.05, 3.63) is 48.0 Å². The van der Waals surface area contributed by atoms with Crippen LogP contribution in [-0.2, 0) is 16.6 Å². The summed E-state index contributed by atoms with van der Waals surface area (Å²) >= 11 is 0. The van der Waals surface area contributed by atoms with Gasteiger partial charge in [0.05, 0.1) is 4.90 Å². The Labute approximate surface area is 160 Å². The summed E-state index contributed by atoms with van der Waals surface area (Å²) in [5.74, 6) is 1.07. The van der Waals surface area contributed by atoms with Crippen molar-refractivity contribution in [2.75, 3.05) is 38.3 Å². The molecule has 2 aliphatic rings. The van der Waals surface area contributed by atoms with Gasteiger partial charge in [-0.05, 0) is 36.6 Å². The molecule has 0 N–H and O–H groups in total. The molecule has 2 aromatic rings. The molecule has 2 heterocycles. The number of ether oxygens (including phenoxy) is 2. The van der Waals surface area contributed by atoms with Crippen LogP contribution in [0.2, 0.25) is 0 Å². The first-order valence-electron chi connectivity index (χ1n) is 9.24. The first-order chi connectivity index (χ1) is 13.1. The minimum Gasteiger partial charge on any atom is -0.486 e. The molecular formula is C20H24N2O4S. The van der Waals surface area contributed by atoms with Gasteiger partial charge in [-0.15, -0.1) is 0 Å². The Hall–Kier alpha value is -2.25. The van der Waals surface area contributed by atoms with E-state index in [4.69, 9.17) is 9.47 Å². The number of rotatable bonds is 5. The van der Waals surface area contributed by atoms with Crippen molar-refractivity contribution in [2.24, 2.45) is 0 Å². The molecule has 0 saturated carbocycles. The van der Waals surface area contributed by atoms with Crippen LogP contribution in [0, 0.1) is 0 Å². The van der Waals surface area contributed by atoms with E-state index in [1.807, 2.05) is 18.2 Å². The van der Waals surface area contributed by atoms with Gasteiger partial charge < -0.3 is 14.4 Å². The van der Waals surface area contributed by atoms with E-state index in [1.54, 1.807) is 25.2 Å². The highest BCUT2D eigenvalue weighted by molar-refractivity contribution is 7.89. The van der Waals surface area contributed by atoms with Crippen LogP contribution in [0.25, 0.3) is 0 Å². The first-order valence-corrected chi connectivity index (χ1v) is 10.7. The van der Waals surface area contributed by atoms with E-state index in [9.17, 15) is 8.42 Å². The molecule has 4 rings (SSSR count). The maximum Gasteiger partial charge on any atom is 0.243 e. The van der Waals surface area contributed by atoms with Crippen LogP contribution in [0.3, 0.4) is 0 Å². The van der Waals surface area contributed by atoms with E-state index in [0.717, 1.165) is 24.3 Å². The van der Waals surface area contributed by atoms with Gasteiger partial charge in [0, 0.05) is 38.4 Å². The third-order valence-electron chi connectivity index (χ3n) is 5.05. The van der Waals surface area contributed by atoms with Gasteiger partial charge in [-0.3, -0.25) is 0 Å². The highest BCUT2D eigenvalue weighted by Gasteiger charge is 2.25. The molecule has 0 bridgehead atoms. The lowest BCUT2D eigenvalue weighted by molar-refractivity contribution is 0.171. The highest BCUT2D eigenvalue weighted by Crippen LogP contribution is 2.33. The van der Waals surface area contributed by atoms with E-state index < -0.39 is 10.0 Å². The van der Waals surface area contributed by atoms with Crippen LogP contribution in [0.1, 0.15) is 18.4 Å². The second-order valence-electron chi connectivity index (χ2n) is 6.89. The molecule has 0 radical (unpaired) electrons. The Morgan fingerprint density at radius 2 is 1.70 bits per heavy atom. The summed E-state index contributed by atoms with van der Waals surface area (Å²) in [6, 6.07) is 12.8. The molecule has 0 aliphatic carbocycles. The van der Waals surface area contributed by atoms with Crippen molar-refractivity contribution in [2.45, 2.75) is 24.3 Å². The molecule has 1 fully saturated rings. The molecule has 1 saturated heterocycles. The van der Waals surface area contributed by atoms with Crippen LogP contribution in [0.5, 0.6) is 11.5 Å². The average Bonchev–Trinajstić information content (AvgIpc) is 3.22. The number of sulfonamides is 1. The second kappa shape index (κ2) is 7.40. The van der Waals surface area contributed by atoms with E-state index in [0.29, 0.717) is 31.3 Å². The summed E-state index contributed by atoms with van der Waals surface area (Å²) in [7, 11) is -2.01. The minimum absolute atomic E-state index is 0.216. The van der Waals surface area contributed by atoms with E-state index in [1.165, 1.54) is 17.1 Å². The summed E-state index contributed by atoms with van der Waals surface area (Å²) < 4.78 is 38.5. The fourth-order valence-electron chi connectivity index (χ4n) is 3.60. The molecule has 0 atom stereocenters. The smallest absolute Gasteiger partial charge is 0.243 e. The molecule has 7 heteroatoms. The minimum atomic E-state index is -3.63. The number of fused-ring (bicyclic) bond motifs is 1. The molecule has 144 valence electrons. The summed E-state index contributed by atoms with van der Waals surface area (Å²) in [6.45, 7) is 3.27. The van der Waals surface area contributed by atoms with Gasteiger partial charge in [0.1, 0.15) is 13.2 Å². The zero-order chi connectivity index (χ0) is 18.9. The maximum absolute atomic E-state index is 13.1. The van der Waals surface area contributed by atoms with Gasteiger partial charge in [-0.25, -0.2) is 8.42 Å². The van der Waals surface area contributed by atoms with E-state index in [2.05, 4.69) is 11.0 Å². The van der Waals surface area contributed by atoms with Crippen molar-refractivity contribution in [3.8, 4) is 11.5 Å². The van der Waals surface area contributed by atoms with Crippen molar-refractivity contribution in [1.82, 2.24) is 4.31 Å². The summed E-state index contributed by atoms with van der Waals surface area (Å²) in [6.07, 6.45) is 2.36. The Bertz CT molecular complexity index is 923. The monoisotopic (exact) mass is 388 g/mol. The number of benzene rings is 2. The highest BCUT2D eigenvalue weighted by atomic mass is 32.2. The largest absolute Gasteiger partial charge is 0.486 e. The predicted octanol–water partition coefficient (Wildman–Crippen LogP) is 2.88. The van der Waals surface area contributed by atoms with Crippen LogP contribution in [-0.4, -0.2) is 46.1 Å². The molecule has 2 aromatic carbocycles.